The molecule has 0 aromatic heterocycles. The lowest BCUT2D eigenvalue weighted by Gasteiger charge is -2.12. The van der Waals surface area contributed by atoms with Crippen LogP contribution in [0.2, 0.25) is 0 Å². The monoisotopic (exact) mass is 233 g/mol. The molecule has 0 heterocycles. The van der Waals surface area contributed by atoms with Crippen LogP contribution in [-0.2, 0) is 0 Å². The van der Waals surface area contributed by atoms with Gasteiger partial charge in [-0.2, -0.15) is 4.39 Å². The molecule has 1 aromatic rings. The van der Waals surface area contributed by atoms with Crippen molar-refractivity contribution < 1.29 is 23.7 Å². The predicted molar refractivity (Wildman–Crippen MR) is 54.5 cm³/mol. The van der Waals surface area contributed by atoms with Crippen LogP contribution >= 0.6 is 0 Å². The van der Waals surface area contributed by atoms with Crippen LogP contribution in [0.3, 0.4) is 0 Å². The molecule has 0 aliphatic rings. The molecule has 0 aliphatic carbocycles. The number of nitrogens with one attached hydrogen (secondary N) is 1. The maximum Gasteiger partial charge on any atom is 0.200 e. The Labute approximate surface area is 91.5 Å². The van der Waals surface area contributed by atoms with Crippen molar-refractivity contribution in [3.05, 3.63) is 23.8 Å². The molecule has 1 rings (SSSR count). The van der Waals surface area contributed by atoms with E-state index in [1.807, 2.05) is 0 Å². The summed E-state index contributed by atoms with van der Waals surface area (Å²) in [6.07, 6.45) is -0.959. The van der Waals surface area contributed by atoms with Gasteiger partial charge in [-0.1, -0.05) is 0 Å². The third kappa shape index (κ3) is 3.04. The molecular formula is C10H13F2NO3. The average molecular weight is 233 g/mol. The Balaban J connectivity index is 2.78. The van der Waals surface area contributed by atoms with Gasteiger partial charge < -0.3 is 20.3 Å². The minimum Gasteiger partial charge on any atom is -0.493 e. The van der Waals surface area contributed by atoms with E-state index in [4.69, 9.17) is 10.2 Å². The van der Waals surface area contributed by atoms with Crippen molar-refractivity contribution in [3.63, 3.8) is 0 Å². The first-order valence-corrected chi connectivity index (χ1v) is 4.64. The Kier molecular flexibility index (Phi) is 4.45. The molecule has 0 fully saturated rings. The lowest BCUT2D eigenvalue weighted by atomic mass is 10.2. The van der Waals surface area contributed by atoms with Crippen molar-refractivity contribution in [2.45, 2.75) is 6.10 Å². The summed E-state index contributed by atoms with van der Waals surface area (Å²) in [5, 5.41) is 20.3. The van der Waals surface area contributed by atoms with E-state index in [1.54, 1.807) is 0 Å². The molecule has 4 nitrogen and oxygen atoms in total. The fraction of sp³-hybridized carbons (Fsp3) is 0.400. The molecule has 0 bridgehead atoms. The molecule has 90 valence electrons. The van der Waals surface area contributed by atoms with Crippen molar-refractivity contribution in [2.75, 3.05) is 25.6 Å². The van der Waals surface area contributed by atoms with E-state index in [9.17, 15) is 8.78 Å². The zero-order valence-corrected chi connectivity index (χ0v) is 8.70. The SMILES string of the molecule is COc1cc(NCC(O)CO)cc(F)c1F. The number of hydrogen-bond donors (Lipinski definition) is 3. The normalized spacial score (nSPS) is 12.3. The first kappa shape index (κ1) is 12.7. The number of aliphatic hydroxyl groups excluding tert-OH is 2. The minimum absolute atomic E-state index is 0.0325. The second-order valence-electron chi connectivity index (χ2n) is 3.19. The van der Waals surface area contributed by atoms with Gasteiger partial charge in [-0.15, -0.1) is 0 Å². The van der Waals surface area contributed by atoms with Crippen LogP contribution in [0.25, 0.3) is 0 Å². The number of benzene rings is 1. The minimum atomic E-state index is -1.06. The number of ether oxygens (including phenoxy) is 1. The van der Waals surface area contributed by atoms with Crippen LogP contribution in [0, 0.1) is 11.6 Å². The Morgan fingerprint density at radius 1 is 1.44 bits per heavy atom. The lowest BCUT2D eigenvalue weighted by Crippen LogP contribution is -2.23. The van der Waals surface area contributed by atoms with E-state index in [2.05, 4.69) is 10.1 Å². The van der Waals surface area contributed by atoms with Gasteiger partial charge in [0.25, 0.3) is 0 Å². The molecular weight excluding hydrogens is 220 g/mol. The first-order valence-electron chi connectivity index (χ1n) is 4.64. The Morgan fingerprint density at radius 3 is 2.69 bits per heavy atom. The maximum atomic E-state index is 13.0. The number of aliphatic hydroxyl groups is 2. The maximum absolute atomic E-state index is 13.0. The molecule has 0 saturated heterocycles. The van der Waals surface area contributed by atoms with E-state index in [0.29, 0.717) is 0 Å². The number of halogens is 2. The van der Waals surface area contributed by atoms with Gasteiger partial charge in [0.1, 0.15) is 0 Å². The predicted octanol–water partition coefficient (Wildman–Crippen LogP) is 0.738. The van der Waals surface area contributed by atoms with Crippen molar-refractivity contribution in [1.82, 2.24) is 0 Å². The van der Waals surface area contributed by atoms with Crippen molar-refractivity contribution in [3.8, 4) is 5.75 Å². The highest BCUT2D eigenvalue weighted by Crippen LogP contribution is 2.24. The Morgan fingerprint density at radius 2 is 2.12 bits per heavy atom. The number of hydrogen-bond acceptors (Lipinski definition) is 4. The van der Waals surface area contributed by atoms with Crippen molar-refractivity contribution in [1.29, 1.82) is 0 Å². The summed E-state index contributed by atoms with van der Waals surface area (Å²) in [4.78, 5) is 0. The van der Waals surface area contributed by atoms with Crippen molar-refractivity contribution >= 4 is 5.69 Å². The highest BCUT2D eigenvalue weighted by Gasteiger charge is 2.11. The summed E-state index contributed by atoms with van der Waals surface area (Å²) in [5.74, 6) is -2.32. The molecule has 0 radical (unpaired) electrons. The van der Waals surface area contributed by atoms with Crippen molar-refractivity contribution in [2.24, 2.45) is 0 Å². The molecule has 0 spiro atoms. The fourth-order valence-corrected chi connectivity index (χ4v) is 1.11. The highest BCUT2D eigenvalue weighted by atomic mass is 19.2. The molecule has 0 aliphatic heterocycles. The summed E-state index contributed by atoms with van der Waals surface area (Å²) in [7, 11) is 1.23. The standard InChI is InChI=1S/C10H13F2NO3/c1-16-9-3-6(2-8(11)10(9)12)13-4-7(15)5-14/h2-3,7,13-15H,4-5H2,1H3. The van der Waals surface area contributed by atoms with E-state index in [0.717, 1.165) is 6.07 Å². The molecule has 0 amide bonds. The number of rotatable bonds is 5. The van der Waals surface area contributed by atoms with Crippen LogP contribution in [0.1, 0.15) is 0 Å². The van der Waals surface area contributed by atoms with Gasteiger partial charge in [-0.3, -0.25) is 0 Å². The fourth-order valence-electron chi connectivity index (χ4n) is 1.11. The lowest BCUT2D eigenvalue weighted by molar-refractivity contribution is 0.105. The largest absolute Gasteiger partial charge is 0.493 e. The van der Waals surface area contributed by atoms with Gasteiger partial charge in [-0.05, 0) is 0 Å². The topological polar surface area (TPSA) is 61.7 Å². The van der Waals surface area contributed by atoms with Gasteiger partial charge in [0.05, 0.1) is 19.8 Å². The summed E-state index contributed by atoms with van der Waals surface area (Å²) in [5.41, 5.74) is 0.267. The summed E-state index contributed by atoms with van der Waals surface area (Å²) in [6.45, 7) is -0.376. The molecule has 16 heavy (non-hydrogen) atoms. The number of anilines is 1. The van der Waals surface area contributed by atoms with E-state index >= 15 is 0 Å². The Hall–Kier alpha value is -1.40. The summed E-state index contributed by atoms with van der Waals surface area (Å²) >= 11 is 0. The third-order valence-electron chi connectivity index (χ3n) is 1.97. The van der Waals surface area contributed by atoms with Gasteiger partial charge in [0, 0.05) is 24.4 Å². The summed E-state index contributed by atoms with van der Waals surface area (Å²) in [6, 6.07) is 2.21. The van der Waals surface area contributed by atoms with E-state index in [-0.39, 0.29) is 18.0 Å². The van der Waals surface area contributed by atoms with Gasteiger partial charge in [-0.25, -0.2) is 4.39 Å². The first-order chi connectivity index (χ1) is 7.58. The van der Waals surface area contributed by atoms with Crippen LogP contribution in [0.4, 0.5) is 14.5 Å². The molecule has 0 saturated carbocycles. The van der Waals surface area contributed by atoms with E-state index in [1.165, 1.54) is 13.2 Å². The zero-order valence-electron chi connectivity index (χ0n) is 8.70. The van der Waals surface area contributed by atoms with Crippen LogP contribution < -0.4 is 10.1 Å². The average Bonchev–Trinajstić information content (AvgIpc) is 2.29. The molecule has 6 heteroatoms. The smallest absolute Gasteiger partial charge is 0.200 e. The molecule has 3 N–H and O–H groups in total. The summed E-state index contributed by atoms with van der Waals surface area (Å²) < 4.78 is 30.7. The van der Waals surface area contributed by atoms with Gasteiger partial charge >= 0.3 is 0 Å². The highest BCUT2D eigenvalue weighted by molar-refractivity contribution is 5.49. The van der Waals surface area contributed by atoms with Gasteiger partial charge in [0.15, 0.2) is 11.6 Å². The quantitative estimate of drug-likeness (QED) is 0.702. The second kappa shape index (κ2) is 5.62. The Bertz CT molecular complexity index is 360. The number of methoxy groups -OCH3 is 1. The second-order valence-corrected chi connectivity index (χ2v) is 3.19. The molecule has 1 aromatic carbocycles. The molecule has 1 unspecified atom stereocenters. The molecule has 1 atom stereocenters. The third-order valence-corrected chi connectivity index (χ3v) is 1.97. The van der Waals surface area contributed by atoms with Gasteiger partial charge in [0.2, 0.25) is 5.82 Å². The van der Waals surface area contributed by atoms with Crippen LogP contribution in [0.5, 0.6) is 5.75 Å². The zero-order chi connectivity index (χ0) is 12.1. The van der Waals surface area contributed by atoms with Crippen LogP contribution in [0.15, 0.2) is 12.1 Å². The van der Waals surface area contributed by atoms with E-state index < -0.39 is 24.3 Å². The van der Waals surface area contributed by atoms with Crippen LogP contribution in [-0.4, -0.2) is 36.6 Å².